The molecular formula is C7H12O5. The van der Waals surface area contributed by atoms with Gasteiger partial charge in [0.15, 0.2) is 0 Å². The summed E-state index contributed by atoms with van der Waals surface area (Å²) < 4.78 is 0. The average Bonchev–Trinajstić information content (AvgIpc) is 1.90. The van der Waals surface area contributed by atoms with Gasteiger partial charge in [0.05, 0.1) is 5.56 Å². The van der Waals surface area contributed by atoms with Gasteiger partial charge >= 0.3 is 5.97 Å². The van der Waals surface area contributed by atoms with Crippen LogP contribution in [0, 0.1) is 0 Å². The van der Waals surface area contributed by atoms with Crippen LogP contribution in [0.2, 0.25) is 0 Å². The first-order valence-electron chi connectivity index (χ1n) is 2.59. The minimum absolute atomic E-state index is 0. The average molecular weight is 176 g/mol. The molecular weight excluding hydrogens is 164 g/mol. The molecule has 1 aromatic carbocycles. The summed E-state index contributed by atoms with van der Waals surface area (Å²) in [7, 11) is 0. The Morgan fingerprint density at radius 3 is 1.67 bits per heavy atom. The van der Waals surface area contributed by atoms with Gasteiger partial charge in [0.1, 0.15) is 0 Å². The maximum Gasteiger partial charge on any atom is 0.335 e. The third-order valence-corrected chi connectivity index (χ3v) is 1.02. The Bertz CT molecular complexity index is 208. The van der Waals surface area contributed by atoms with Crippen molar-refractivity contribution in [3.05, 3.63) is 35.9 Å². The van der Waals surface area contributed by atoms with Gasteiger partial charge in [0.25, 0.3) is 0 Å². The van der Waals surface area contributed by atoms with Gasteiger partial charge in [-0.1, -0.05) is 18.2 Å². The van der Waals surface area contributed by atoms with Crippen molar-refractivity contribution in [2.75, 3.05) is 0 Å². The third-order valence-electron chi connectivity index (χ3n) is 1.02. The molecule has 70 valence electrons. The predicted molar refractivity (Wildman–Crippen MR) is 44.2 cm³/mol. The molecule has 7 N–H and O–H groups in total. The van der Waals surface area contributed by atoms with Gasteiger partial charge in [-0.15, -0.1) is 0 Å². The predicted octanol–water partition coefficient (Wildman–Crippen LogP) is -1.09. The van der Waals surface area contributed by atoms with E-state index in [0.29, 0.717) is 5.56 Å². The number of hydrogen-bond acceptors (Lipinski definition) is 1. The quantitative estimate of drug-likeness (QED) is 0.582. The van der Waals surface area contributed by atoms with Crippen LogP contribution >= 0.6 is 0 Å². The van der Waals surface area contributed by atoms with E-state index in [4.69, 9.17) is 5.11 Å². The van der Waals surface area contributed by atoms with Gasteiger partial charge < -0.3 is 21.5 Å². The Labute approximate surface area is 69.2 Å². The Hall–Kier alpha value is -1.43. The molecule has 5 nitrogen and oxygen atoms in total. The van der Waals surface area contributed by atoms with Crippen LogP contribution in [-0.4, -0.2) is 27.5 Å². The van der Waals surface area contributed by atoms with Gasteiger partial charge in [-0.05, 0) is 12.1 Å². The highest BCUT2D eigenvalue weighted by atomic mass is 16.4. The standard InChI is InChI=1S/C7H6O2.3H2O/c8-7(9)6-4-2-1-3-5-6;;;/h1-5H,(H,8,9);3*1H2. The first-order valence-corrected chi connectivity index (χ1v) is 2.59. The Balaban J connectivity index is -0.000000270. The molecule has 1 rings (SSSR count). The lowest BCUT2D eigenvalue weighted by molar-refractivity contribution is 0.0697. The van der Waals surface area contributed by atoms with Crippen LogP contribution < -0.4 is 0 Å². The van der Waals surface area contributed by atoms with E-state index in [9.17, 15) is 4.79 Å². The summed E-state index contributed by atoms with van der Waals surface area (Å²) in [6.45, 7) is 0. The van der Waals surface area contributed by atoms with Gasteiger partial charge in [-0.2, -0.15) is 0 Å². The molecule has 0 heterocycles. The zero-order chi connectivity index (χ0) is 6.69. The highest BCUT2D eigenvalue weighted by Gasteiger charge is 1.96. The van der Waals surface area contributed by atoms with E-state index >= 15 is 0 Å². The Morgan fingerprint density at radius 1 is 1.00 bits per heavy atom. The SMILES string of the molecule is O.O.O.O=C(O)c1ccccc1. The molecule has 0 aliphatic heterocycles. The van der Waals surface area contributed by atoms with Gasteiger partial charge in [0.2, 0.25) is 0 Å². The smallest absolute Gasteiger partial charge is 0.335 e. The maximum absolute atomic E-state index is 10.2. The van der Waals surface area contributed by atoms with Crippen molar-refractivity contribution >= 4 is 5.97 Å². The Kier molecular flexibility index (Phi) is 10.8. The van der Waals surface area contributed by atoms with Crippen LogP contribution in [0.1, 0.15) is 10.4 Å². The molecule has 12 heavy (non-hydrogen) atoms. The molecule has 0 amide bonds. The first kappa shape index (κ1) is 16.9. The van der Waals surface area contributed by atoms with Crippen LogP contribution in [0.25, 0.3) is 0 Å². The van der Waals surface area contributed by atoms with E-state index in [0.717, 1.165) is 0 Å². The van der Waals surface area contributed by atoms with Crippen LogP contribution in [0.5, 0.6) is 0 Å². The lowest BCUT2D eigenvalue weighted by atomic mass is 10.2. The molecule has 0 saturated carbocycles. The molecule has 5 heteroatoms. The lowest BCUT2D eigenvalue weighted by Gasteiger charge is -1.88. The summed E-state index contributed by atoms with van der Waals surface area (Å²) in [4.78, 5) is 10.2. The summed E-state index contributed by atoms with van der Waals surface area (Å²) in [5.74, 6) is -0.879. The van der Waals surface area contributed by atoms with Gasteiger partial charge in [-0.3, -0.25) is 0 Å². The van der Waals surface area contributed by atoms with E-state index < -0.39 is 5.97 Å². The van der Waals surface area contributed by atoms with Crippen molar-refractivity contribution in [3.63, 3.8) is 0 Å². The molecule has 0 fully saturated rings. The topological polar surface area (TPSA) is 132 Å². The second kappa shape index (κ2) is 7.67. The minimum atomic E-state index is -0.879. The largest absolute Gasteiger partial charge is 0.478 e. The second-order valence-electron chi connectivity index (χ2n) is 1.67. The summed E-state index contributed by atoms with van der Waals surface area (Å²) in [5.41, 5.74) is 0.331. The summed E-state index contributed by atoms with van der Waals surface area (Å²) in [5, 5.41) is 8.38. The van der Waals surface area contributed by atoms with Crippen molar-refractivity contribution < 1.29 is 26.3 Å². The maximum atomic E-state index is 10.2. The Morgan fingerprint density at radius 2 is 1.42 bits per heavy atom. The van der Waals surface area contributed by atoms with Crippen molar-refractivity contribution in [1.29, 1.82) is 0 Å². The monoisotopic (exact) mass is 176 g/mol. The highest BCUT2D eigenvalue weighted by Crippen LogP contribution is 1.96. The van der Waals surface area contributed by atoms with Crippen LogP contribution in [0.15, 0.2) is 30.3 Å². The van der Waals surface area contributed by atoms with E-state index in [1.807, 2.05) is 0 Å². The van der Waals surface area contributed by atoms with Crippen molar-refractivity contribution in [1.82, 2.24) is 0 Å². The number of carboxylic acids is 1. The zero-order valence-electron chi connectivity index (χ0n) is 6.24. The summed E-state index contributed by atoms with van der Waals surface area (Å²) in [6.07, 6.45) is 0. The van der Waals surface area contributed by atoms with Crippen molar-refractivity contribution in [2.24, 2.45) is 0 Å². The second-order valence-corrected chi connectivity index (χ2v) is 1.67. The van der Waals surface area contributed by atoms with E-state index in [2.05, 4.69) is 0 Å². The molecule has 0 aromatic heterocycles. The molecule has 0 unspecified atom stereocenters. The third kappa shape index (κ3) is 4.40. The highest BCUT2D eigenvalue weighted by molar-refractivity contribution is 5.87. The van der Waals surface area contributed by atoms with Crippen LogP contribution in [0.4, 0.5) is 0 Å². The van der Waals surface area contributed by atoms with Crippen LogP contribution in [0.3, 0.4) is 0 Å². The van der Waals surface area contributed by atoms with Gasteiger partial charge in [-0.25, -0.2) is 4.79 Å². The van der Waals surface area contributed by atoms with E-state index in [1.54, 1.807) is 30.3 Å². The first-order chi connectivity index (χ1) is 4.30. The molecule has 0 aliphatic carbocycles. The summed E-state index contributed by atoms with van der Waals surface area (Å²) in [6, 6.07) is 8.30. The fraction of sp³-hybridized carbons (Fsp3) is 0. The number of aromatic carboxylic acids is 1. The molecule has 0 saturated heterocycles. The fourth-order valence-corrected chi connectivity index (χ4v) is 0.581. The normalized spacial score (nSPS) is 6.67. The molecule has 1 aromatic rings. The van der Waals surface area contributed by atoms with Crippen LogP contribution in [-0.2, 0) is 0 Å². The number of hydrogen-bond donors (Lipinski definition) is 1. The molecule has 0 spiro atoms. The fourth-order valence-electron chi connectivity index (χ4n) is 0.581. The number of benzene rings is 1. The number of rotatable bonds is 1. The van der Waals surface area contributed by atoms with Crippen molar-refractivity contribution in [3.8, 4) is 0 Å². The molecule has 0 aliphatic rings. The summed E-state index contributed by atoms with van der Waals surface area (Å²) >= 11 is 0. The van der Waals surface area contributed by atoms with Gasteiger partial charge in [0, 0.05) is 0 Å². The number of carboxylic acid groups (broad SMARTS) is 1. The molecule has 0 atom stereocenters. The molecule has 0 bridgehead atoms. The van der Waals surface area contributed by atoms with Crippen molar-refractivity contribution in [2.45, 2.75) is 0 Å². The molecule has 0 radical (unpaired) electrons. The van der Waals surface area contributed by atoms with E-state index in [1.165, 1.54) is 0 Å². The number of carbonyl (C=O) groups is 1. The van der Waals surface area contributed by atoms with E-state index in [-0.39, 0.29) is 16.4 Å². The zero-order valence-corrected chi connectivity index (χ0v) is 6.24. The lowest BCUT2D eigenvalue weighted by Crippen LogP contribution is -1.93. The minimum Gasteiger partial charge on any atom is -0.478 e.